The predicted molar refractivity (Wildman–Crippen MR) is 93.2 cm³/mol. The van der Waals surface area contributed by atoms with E-state index in [9.17, 15) is 9.59 Å². The van der Waals surface area contributed by atoms with Crippen molar-refractivity contribution in [1.82, 2.24) is 14.7 Å². The van der Waals surface area contributed by atoms with Crippen LogP contribution in [0.2, 0.25) is 0 Å². The molecule has 0 aliphatic carbocycles. The fraction of sp³-hybridized carbons (Fsp3) is 0.857. The molecular formula is C14H28Cl2N4O3. The number of rotatable bonds is 5. The van der Waals surface area contributed by atoms with Gasteiger partial charge in [0.25, 0.3) is 0 Å². The van der Waals surface area contributed by atoms with Gasteiger partial charge in [0.1, 0.15) is 6.04 Å². The van der Waals surface area contributed by atoms with Crippen molar-refractivity contribution in [2.24, 2.45) is 5.73 Å². The number of hydrogen-bond acceptors (Lipinski definition) is 5. The molecule has 2 saturated heterocycles. The second-order valence-electron chi connectivity index (χ2n) is 5.75. The first kappa shape index (κ1) is 22.4. The molecule has 2 fully saturated rings. The molecule has 0 bridgehead atoms. The highest BCUT2D eigenvalue weighted by atomic mass is 35.5. The van der Waals surface area contributed by atoms with Crippen LogP contribution < -0.4 is 5.73 Å². The summed E-state index contributed by atoms with van der Waals surface area (Å²) in [5, 5.41) is 0. The van der Waals surface area contributed by atoms with Gasteiger partial charge in [-0.2, -0.15) is 0 Å². The number of piperazine rings is 1. The van der Waals surface area contributed by atoms with Crippen LogP contribution in [0, 0.1) is 0 Å². The number of halogens is 2. The number of carbonyl (C=O) groups excluding carboxylic acids is 2. The Labute approximate surface area is 150 Å². The van der Waals surface area contributed by atoms with Crippen molar-refractivity contribution in [3.8, 4) is 0 Å². The Morgan fingerprint density at radius 1 is 1.00 bits per heavy atom. The Kier molecular flexibility index (Phi) is 10.8. The van der Waals surface area contributed by atoms with Crippen molar-refractivity contribution in [2.45, 2.75) is 18.9 Å². The van der Waals surface area contributed by atoms with Crippen LogP contribution in [0.5, 0.6) is 0 Å². The Bertz CT molecular complexity index is 373. The van der Waals surface area contributed by atoms with Crippen LogP contribution in [0.25, 0.3) is 0 Å². The molecular weight excluding hydrogens is 343 g/mol. The minimum absolute atomic E-state index is 0. The average molecular weight is 371 g/mol. The monoisotopic (exact) mass is 370 g/mol. The van der Waals surface area contributed by atoms with Crippen molar-refractivity contribution in [3.05, 3.63) is 0 Å². The molecule has 1 atom stereocenters. The zero-order valence-electron chi connectivity index (χ0n) is 13.6. The van der Waals surface area contributed by atoms with Gasteiger partial charge in [-0.1, -0.05) is 0 Å². The summed E-state index contributed by atoms with van der Waals surface area (Å²) >= 11 is 0. The highest BCUT2D eigenvalue weighted by Crippen LogP contribution is 2.09. The number of amides is 2. The van der Waals surface area contributed by atoms with E-state index in [2.05, 4.69) is 4.90 Å². The molecule has 0 radical (unpaired) electrons. The van der Waals surface area contributed by atoms with Crippen LogP contribution in [-0.2, 0) is 14.3 Å². The summed E-state index contributed by atoms with van der Waals surface area (Å²) in [6.45, 7) is 5.20. The van der Waals surface area contributed by atoms with E-state index in [1.165, 1.54) is 7.11 Å². The molecule has 2 aliphatic heterocycles. The van der Waals surface area contributed by atoms with Crippen LogP contribution in [0.15, 0.2) is 0 Å². The zero-order chi connectivity index (χ0) is 15.2. The quantitative estimate of drug-likeness (QED) is 0.710. The summed E-state index contributed by atoms with van der Waals surface area (Å²) in [5.74, 6) is 0.144. The lowest BCUT2D eigenvalue weighted by molar-refractivity contribution is -0.136. The molecule has 0 saturated carbocycles. The van der Waals surface area contributed by atoms with E-state index in [1.54, 1.807) is 4.90 Å². The molecule has 23 heavy (non-hydrogen) atoms. The fourth-order valence-corrected chi connectivity index (χ4v) is 2.87. The van der Waals surface area contributed by atoms with Crippen molar-refractivity contribution in [3.63, 3.8) is 0 Å². The number of methoxy groups -OCH3 is 1. The lowest BCUT2D eigenvalue weighted by Crippen LogP contribution is -2.55. The molecule has 2 heterocycles. The number of hydrogen-bond donors (Lipinski definition) is 1. The standard InChI is InChI=1S/C14H26N4O3.2ClH/c1-21-11-12(15)14(20)18-8-6-16(7-9-18)10-13(19)17-4-2-3-5-17;;/h12H,2-11,15H2,1H3;2*1H. The SMILES string of the molecule is COCC(N)C(=O)N1CCN(CC(=O)N2CCCC2)CC1.Cl.Cl. The number of likely N-dealkylation sites (tertiary alicyclic amines) is 1. The van der Waals surface area contributed by atoms with Gasteiger partial charge in [-0.15, -0.1) is 24.8 Å². The molecule has 0 spiro atoms. The molecule has 2 N–H and O–H groups in total. The number of nitrogens with zero attached hydrogens (tertiary/aromatic N) is 3. The van der Waals surface area contributed by atoms with Crippen LogP contribution in [0.4, 0.5) is 0 Å². The molecule has 0 aromatic carbocycles. The molecule has 7 nitrogen and oxygen atoms in total. The second kappa shape index (κ2) is 11.0. The van der Waals surface area contributed by atoms with Gasteiger partial charge in [0.2, 0.25) is 11.8 Å². The molecule has 2 rings (SSSR count). The number of nitrogens with two attached hydrogens (primary N) is 1. The van der Waals surface area contributed by atoms with Crippen molar-refractivity contribution in [2.75, 3.05) is 59.5 Å². The lowest BCUT2D eigenvalue weighted by atomic mass is 10.2. The minimum Gasteiger partial charge on any atom is -0.383 e. The maximum atomic E-state index is 12.1. The predicted octanol–water partition coefficient (Wildman–Crippen LogP) is -0.430. The van der Waals surface area contributed by atoms with Crippen LogP contribution in [0.3, 0.4) is 0 Å². The van der Waals surface area contributed by atoms with E-state index in [4.69, 9.17) is 10.5 Å². The van der Waals surface area contributed by atoms with Gasteiger partial charge in [0.05, 0.1) is 13.2 Å². The third kappa shape index (κ3) is 6.43. The molecule has 136 valence electrons. The van der Waals surface area contributed by atoms with Gasteiger partial charge in [0, 0.05) is 46.4 Å². The zero-order valence-corrected chi connectivity index (χ0v) is 15.2. The van der Waals surface area contributed by atoms with E-state index < -0.39 is 6.04 Å². The summed E-state index contributed by atoms with van der Waals surface area (Å²) < 4.78 is 4.91. The van der Waals surface area contributed by atoms with Crippen LogP contribution in [0.1, 0.15) is 12.8 Å². The molecule has 2 aliphatic rings. The summed E-state index contributed by atoms with van der Waals surface area (Å²) in [6.07, 6.45) is 2.23. The van der Waals surface area contributed by atoms with Gasteiger partial charge in [0.15, 0.2) is 0 Å². The van der Waals surface area contributed by atoms with Crippen LogP contribution in [-0.4, -0.2) is 92.1 Å². The number of ether oxygens (including phenoxy) is 1. The highest BCUT2D eigenvalue weighted by Gasteiger charge is 2.27. The van der Waals surface area contributed by atoms with E-state index in [0.717, 1.165) is 39.0 Å². The Morgan fingerprint density at radius 2 is 1.57 bits per heavy atom. The van der Waals surface area contributed by atoms with E-state index >= 15 is 0 Å². The third-order valence-electron chi connectivity index (χ3n) is 4.17. The maximum absolute atomic E-state index is 12.1. The van der Waals surface area contributed by atoms with Gasteiger partial charge in [-0.3, -0.25) is 14.5 Å². The molecule has 0 aromatic heterocycles. The summed E-state index contributed by atoms with van der Waals surface area (Å²) in [7, 11) is 1.54. The van der Waals surface area contributed by atoms with Gasteiger partial charge < -0.3 is 20.3 Å². The summed E-state index contributed by atoms with van der Waals surface area (Å²) in [5.41, 5.74) is 5.77. The topological polar surface area (TPSA) is 79.1 Å². The van der Waals surface area contributed by atoms with Crippen molar-refractivity contribution < 1.29 is 14.3 Å². The molecule has 9 heteroatoms. The fourth-order valence-electron chi connectivity index (χ4n) is 2.87. The van der Waals surface area contributed by atoms with E-state index in [-0.39, 0.29) is 43.2 Å². The van der Waals surface area contributed by atoms with E-state index in [0.29, 0.717) is 19.6 Å². The largest absolute Gasteiger partial charge is 0.383 e. The number of carbonyl (C=O) groups is 2. The van der Waals surface area contributed by atoms with Crippen molar-refractivity contribution in [1.29, 1.82) is 0 Å². The Balaban J connectivity index is 0.00000242. The van der Waals surface area contributed by atoms with Gasteiger partial charge in [-0.05, 0) is 12.8 Å². The first-order chi connectivity index (χ1) is 10.1. The highest BCUT2D eigenvalue weighted by molar-refractivity contribution is 5.85. The molecule has 0 aromatic rings. The first-order valence-electron chi connectivity index (χ1n) is 7.65. The van der Waals surface area contributed by atoms with E-state index in [1.807, 2.05) is 4.90 Å². The maximum Gasteiger partial charge on any atom is 0.241 e. The lowest BCUT2D eigenvalue weighted by Gasteiger charge is -2.36. The van der Waals surface area contributed by atoms with Gasteiger partial charge >= 0.3 is 0 Å². The van der Waals surface area contributed by atoms with Crippen LogP contribution >= 0.6 is 24.8 Å². The average Bonchev–Trinajstić information content (AvgIpc) is 3.02. The summed E-state index contributed by atoms with van der Waals surface area (Å²) in [4.78, 5) is 30.0. The van der Waals surface area contributed by atoms with Gasteiger partial charge in [-0.25, -0.2) is 0 Å². The summed E-state index contributed by atoms with van der Waals surface area (Å²) in [6, 6.07) is -0.590. The normalized spacial score (nSPS) is 19.7. The minimum atomic E-state index is -0.590. The Hall–Kier alpha value is -0.600. The molecule has 2 amide bonds. The first-order valence-corrected chi connectivity index (χ1v) is 7.65. The van der Waals surface area contributed by atoms with Crippen molar-refractivity contribution >= 4 is 36.6 Å². The molecule has 1 unspecified atom stereocenters. The third-order valence-corrected chi connectivity index (χ3v) is 4.17. The Morgan fingerprint density at radius 3 is 2.09 bits per heavy atom. The second-order valence-corrected chi connectivity index (χ2v) is 5.75. The smallest absolute Gasteiger partial charge is 0.241 e.